The molecular weight excluding hydrogens is 312 g/mol. The number of carbonyl (C=O) groups excluding carboxylic acids is 1. The number of nitrogens with zero attached hydrogens (tertiary/aromatic N) is 1. The van der Waals surface area contributed by atoms with Crippen LogP contribution in [0.5, 0.6) is 0 Å². The van der Waals surface area contributed by atoms with Gasteiger partial charge in [-0.1, -0.05) is 19.9 Å². The highest BCUT2D eigenvalue weighted by atomic mass is 35.5. The maximum Gasteiger partial charge on any atom is 0.248 e. The number of benzene rings is 1. The third-order valence-corrected chi connectivity index (χ3v) is 5.99. The van der Waals surface area contributed by atoms with Gasteiger partial charge < -0.3 is 10.5 Å². The van der Waals surface area contributed by atoms with Crippen molar-refractivity contribution in [3.63, 3.8) is 0 Å². The quantitative estimate of drug-likeness (QED) is 0.917. The minimum Gasteiger partial charge on any atom is -0.383 e. The molecule has 1 saturated heterocycles. The molecule has 1 aliphatic carbocycles. The number of piperidine rings is 1. The molecule has 1 amide bonds. The van der Waals surface area contributed by atoms with Gasteiger partial charge in [0.1, 0.15) is 0 Å². The van der Waals surface area contributed by atoms with E-state index in [1.165, 1.54) is 11.1 Å². The molecule has 1 aliphatic heterocycles. The van der Waals surface area contributed by atoms with Crippen molar-refractivity contribution in [3.8, 4) is 0 Å². The predicted molar refractivity (Wildman–Crippen MR) is 94.3 cm³/mol. The lowest BCUT2D eigenvalue weighted by Gasteiger charge is -2.54. The van der Waals surface area contributed by atoms with Crippen LogP contribution in [0.2, 0.25) is 0 Å². The Morgan fingerprint density at radius 2 is 2.22 bits per heavy atom. The van der Waals surface area contributed by atoms with Gasteiger partial charge in [-0.05, 0) is 54.0 Å². The Hall–Kier alpha value is -1.10. The van der Waals surface area contributed by atoms with Gasteiger partial charge in [0.25, 0.3) is 0 Å². The fourth-order valence-electron chi connectivity index (χ4n) is 4.35. The molecule has 1 heterocycles. The zero-order chi connectivity index (χ0) is 15.9. The summed E-state index contributed by atoms with van der Waals surface area (Å²) in [5, 5.41) is 0. The van der Waals surface area contributed by atoms with Crippen molar-refractivity contribution in [2.24, 2.45) is 11.7 Å². The summed E-state index contributed by atoms with van der Waals surface area (Å²) in [7, 11) is 1.76. The van der Waals surface area contributed by atoms with Gasteiger partial charge in [0, 0.05) is 25.3 Å². The summed E-state index contributed by atoms with van der Waals surface area (Å²) in [4.78, 5) is 14.1. The average Bonchev–Trinajstić information content (AvgIpc) is 2.49. The number of nitrogens with two attached hydrogens (primary N) is 1. The van der Waals surface area contributed by atoms with Crippen molar-refractivity contribution in [2.75, 3.05) is 26.8 Å². The minimum atomic E-state index is -0.335. The Kier molecular flexibility index (Phi) is 5.39. The van der Waals surface area contributed by atoms with E-state index in [1.54, 1.807) is 7.11 Å². The first-order valence-electron chi connectivity index (χ1n) is 8.13. The topological polar surface area (TPSA) is 55.6 Å². The predicted octanol–water partition coefficient (Wildman–Crippen LogP) is 2.38. The maximum absolute atomic E-state index is 11.5. The molecule has 3 rings (SSSR count). The number of carbonyl (C=O) groups is 1. The van der Waals surface area contributed by atoms with Crippen molar-refractivity contribution in [1.82, 2.24) is 4.90 Å². The van der Waals surface area contributed by atoms with Crippen LogP contribution < -0.4 is 5.73 Å². The van der Waals surface area contributed by atoms with Crippen LogP contribution in [0.4, 0.5) is 0 Å². The summed E-state index contributed by atoms with van der Waals surface area (Å²) in [6.45, 7) is 7.57. The molecule has 128 valence electrons. The average molecular weight is 339 g/mol. The molecule has 5 heteroatoms. The molecule has 0 saturated carbocycles. The van der Waals surface area contributed by atoms with Gasteiger partial charge >= 0.3 is 0 Å². The van der Waals surface area contributed by atoms with Gasteiger partial charge in [-0.25, -0.2) is 0 Å². The largest absolute Gasteiger partial charge is 0.383 e. The number of likely N-dealkylation sites (tertiary alicyclic amines) is 1. The van der Waals surface area contributed by atoms with Gasteiger partial charge in [-0.3, -0.25) is 9.69 Å². The number of hydrogen-bond donors (Lipinski definition) is 1. The number of hydrogen-bond acceptors (Lipinski definition) is 3. The molecule has 0 radical (unpaired) electrons. The van der Waals surface area contributed by atoms with Gasteiger partial charge in [-0.2, -0.15) is 0 Å². The highest BCUT2D eigenvalue weighted by Crippen LogP contribution is 2.48. The van der Waals surface area contributed by atoms with E-state index in [4.69, 9.17) is 10.5 Å². The molecule has 1 fully saturated rings. The zero-order valence-corrected chi connectivity index (χ0v) is 15.0. The van der Waals surface area contributed by atoms with E-state index in [0.29, 0.717) is 17.5 Å². The van der Waals surface area contributed by atoms with Crippen LogP contribution in [0.25, 0.3) is 0 Å². The molecule has 0 spiro atoms. The lowest BCUT2D eigenvalue weighted by atomic mass is 9.59. The van der Waals surface area contributed by atoms with Crippen molar-refractivity contribution < 1.29 is 9.53 Å². The summed E-state index contributed by atoms with van der Waals surface area (Å²) < 4.78 is 5.26. The molecule has 23 heavy (non-hydrogen) atoms. The molecule has 2 N–H and O–H groups in total. The van der Waals surface area contributed by atoms with Gasteiger partial charge in [0.2, 0.25) is 5.91 Å². The summed E-state index contributed by atoms with van der Waals surface area (Å²) in [6.07, 6.45) is 2.17. The highest BCUT2D eigenvalue weighted by Gasteiger charge is 2.48. The summed E-state index contributed by atoms with van der Waals surface area (Å²) in [5.74, 6) is 0.229. The van der Waals surface area contributed by atoms with E-state index in [-0.39, 0.29) is 23.7 Å². The van der Waals surface area contributed by atoms with Crippen molar-refractivity contribution in [1.29, 1.82) is 0 Å². The standard InChI is InChI=1S/C18H26N2O2.ClH/c1-12-16-11-13-4-5-14(17(19)21)10-15(13)18(12,2)6-7-20(16)8-9-22-3;/h4-5,10,12,16H,6-9,11H2,1-3H3,(H2,19,21);1H/t12-,16+,18+;/m0./s1. The van der Waals surface area contributed by atoms with Crippen LogP contribution in [0.15, 0.2) is 18.2 Å². The van der Waals surface area contributed by atoms with Crippen molar-refractivity contribution in [3.05, 3.63) is 34.9 Å². The second kappa shape index (κ2) is 6.80. The summed E-state index contributed by atoms with van der Waals surface area (Å²) in [6, 6.07) is 6.57. The third kappa shape index (κ3) is 3.00. The maximum atomic E-state index is 11.5. The van der Waals surface area contributed by atoms with E-state index in [1.807, 2.05) is 12.1 Å². The fraction of sp³-hybridized carbons (Fsp3) is 0.611. The van der Waals surface area contributed by atoms with Gasteiger partial charge in [-0.15, -0.1) is 12.4 Å². The Morgan fingerprint density at radius 1 is 1.48 bits per heavy atom. The highest BCUT2D eigenvalue weighted by molar-refractivity contribution is 5.93. The molecule has 1 aromatic rings. The molecule has 4 nitrogen and oxygen atoms in total. The Labute approximate surface area is 144 Å². The molecule has 0 unspecified atom stereocenters. The second-order valence-electron chi connectivity index (χ2n) is 6.99. The van der Waals surface area contributed by atoms with Crippen molar-refractivity contribution >= 4 is 18.3 Å². The lowest BCUT2D eigenvalue weighted by Crippen LogP contribution is -2.58. The number of amides is 1. The zero-order valence-electron chi connectivity index (χ0n) is 14.2. The molecule has 2 aliphatic rings. The molecule has 1 aromatic carbocycles. The third-order valence-electron chi connectivity index (χ3n) is 5.99. The normalized spacial score (nSPS) is 29.5. The lowest BCUT2D eigenvalue weighted by molar-refractivity contribution is 0.0157. The van der Waals surface area contributed by atoms with Crippen LogP contribution >= 0.6 is 12.4 Å². The number of rotatable bonds is 4. The van der Waals surface area contributed by atoms with Gasteiger partial charge in [0.15, 0.2) is 0 Å². The molecular formula is C18H27ClN2O2. The van der Waals surface area contributed by atoms with Crippen LogP contribution in [0.1, 0.15) is 41.8 Å². The van der Waals surface area contributed by atoms with E-state index in [2.05, 4.69) is 24.8 Å². The Balaban J connectivity index is 0.00000192. The fourth-order valence-corrected chi connectivity index (χ4v) is 4.35. The molecule has 2 bridgehead atoms. The second-order valence-corrected chi connectivity index (χ2v) is 6.99. The number of halogens is 1. The van der Waals surface area contributed by atoms with Crippen LogP contribution in [0, 0.1) is 5.92 Å². The van der Waals surface area contributed by atoms with E-state index in [0.717, 1.165) is 32.5 Å². The minimum absolute atomic E-state index is 0. The van der Waals surface area contributed by atoms with Crippen LogP contribution in [0.3, 0.4) is 0 Å². The molecule has 0 aromatic heterocycles. The molecule has 3 atom stereocenters. The number of methoxy groups -OCH3 is 1. The SMILES string of the molecule is COCCN1CC[C@@]2(C)c3cc(C(N)=O)ccc3C[C@@H]1[C@@H]2C.Cl. The monoisotopic (exact) mass is 338 g/mol. The number of ether oxygens (including phenoxy) is 1. The summed E-state index contributed by atoms with van der Waals surface area (Å²) >= 11 is 0. The van der Waals surface area contributed by atoms with Gasteiger partial charge in [0.05, 0.1) is 6.61 Å². The van der Waals surface area contributed by atoms with E-state index in [9.17, 15) is 4.79 Å². The van der Waals surface area contributed by atoms with E-state index >= 15 is 0 Å². The van der Waals surface area contributed by atoms with Crippen molar-refractivity contribution in [2.45, 2.75) is 38.1 Å². The Morgan fingerprint density at radius 3 is 2.87 bits per heavy atom. The van der Waals surface area contributed by atoms with Crippen LogP contribution in [-0.2, 0) is 16.6 Å². The van der Waals surface area contributed by atoms with E-state index < -0.39 is 0 Å². The smallest absolute Gasteiger partial charge is 0.248 e. The number of fused-ring (bicyclic) bond motifs is 4. The first-order valence-corrected chi connectivity index (χ1v) is 8.13. The number of primary amides is 1. The first-order chi connectivity index (χ1) is 10.5. The first kappa shape index (κ1) is 18.2. The Bertz CT molecular complexity index is 592. The summed E-state index contributed by atoms with van der Waals surface area (Å²) in [5.41, 5.74) is 8.94. The van der Waals surface area contributed by atoms with Crippen LogP contribution in [-0.4, -0.2) is 43.7 Å².